The average molecular weight is 309 g/mol. The fourth-order valence-corrected chi connectivity index (χ4v) is 4.37. The molecule has 0 saturated heterocycles. The molecule has 1 aromatic heterocycles. The average Bonchev–Trinajstić information content (AvgIpc) is 2.89. The Hall–Kier alpha value is -1.78. The molecule has 0 amide bonds. The van der Waals surface area contributed by atoms with Gasteiger partial charge in [0.1, 0.15) is 5.69 Å². The topological polar surface area (TPSA) is 43.8 Å². The first-order valence-corrected chi connectivity index (χ1v) is 8.50. The van der Waals surface area contributed by atoms with Crippen LogP contribution in [-0.2, 0) is 6.54 Å². The van der Waals surface area contributed by atoms with E-state index in [4.69, 9.17) is 10.8 Å². The van der Waals surface area contributed by atoms with Crippen molar-refractivity contribution < 1.29 is 0 Å². The van der Waals surface area contributed by atoms with Crippen LogP contribution in [0.15, 0.2) is 40.1 Å². The van der Waals surface area contributed by atoms with Crippen molar-refractivity contribution in [1.82, 2.24) is 9.78 Å². The molecule has 0 radical (unpaired) electrons. The number of nitrogens with zero attached hydrogens (tertiary/aromatic N) is 2. The lowest BCUT2D eigenvalue weighted by atomic mass is 10.0. The molecule has 0 spiro atoms. The summed E-state index contributed by atoms with van der Waals surface area (Å²) in [6.45, 7) is 5.97. The Morgan fingerprint density at radius 2 is 2.05 bits per heavy atom. The second kappa shape index (κ2) is 5.14. The van der Waals surface area contributed by atoms with Crippen LogP contribution in [0, 0.1) is 13.8 Å². The molecule has 0 bridgehead atoms. The van der Waals surface area contributed by atoms with Crippen LogP contribution < -0.4 is 5.73 Å². The van der Waals surface area contributed by atoms with Crippen LogP contribution in [0.25, 0.3) is 22.2 Å². The van der Waals surface area contributed by atoms with Gasteiger partial charge in [0, 0.05) is 27.3 Å². The van der Waals surface area contributed by atoms with E-state index < -0.39 is 0 Å². The number of nitrogens with two attached hydrogens (primary N) is 1. The highest BCUT2D eigenvalue weighted by Gasteiger charge is 2.25. The van der Waals surface area contributed by atoms with Gasteiger partial charge < -0.3 is 5.73 Å². The highest BCUT2D eigenvalue weighted by atomic mass is 32.2. The Bertz CT molecular complexity index is 880. The zero-order chi connectivity index (χ0) is 15.3. The molecule has 2 aromatic carbocycles. The van der Waals surface area contributed by atoms with Crippen molar-refractivity contribution >= 4 is 22.7 Å². The van der Waals surface area contributed by atoms with Crippen molar-refractivity contribution in [2.24, 2.45) is 5.73 Å². The minimum absolute atomic E-state index is 0.694. The summed E-state index contributed by atoms with van der Waals surface area (Å²) < 4.78 is 2.14. The molecule has 4 heteroatoms. The van der Waals surface area contributed by atoms with E-state index in [2.05, 4.69) is 48.9 Å². The summed E-state index contributed by atoms with van der Waals surface area (Å²) >= 11 is 1.87. The van der Waals surface area contributed by atoms with Gasteiger partial charge in [-0.2, -0.15) is 5.10 Å². The molecule has 1 aliphatic rings. The Balaban J connectivity index is 2.06. The SMILES string of the molecule is Cc1cc2c3c(nn2CCCN)-c2ccccc2Sc3c1C. The van der Waals surface area contributed by atoms with Crippen molar-refractivity contribution in [3.05, 3.63) is 41.5 Å². The molecule has 0 aliphatic carbocycles. The molecule has 0 fully saturated rings. The molecule has 22 heavy (non-hydrogen) atoms. The monoisotopic (exact) mass is 309 g/mol. The Kier molecular flexibility index (Phi) is 3.24. The van der Waals surface area contributed by atoms with Crippen LogP contribution in [0.3, 0.4) is 0 Å². The van der Waals surface area contributed by atoms with Gasteiger partial charge in [-0.3, -0.25) is 4.68 Å². The minimum atomic E-state index is 0.694. The van der Waals surface area contributed by atoms with E-state index in [0.717, 1.165) is 18.7 Å². The number of rotatable bonds is 3. The summed E-state index contributed by atoms with van der Waals surface area (Å²) in [5, 5.41) is 6.24. The molecule has 112 valence electrons. The van der Waals surface area contributed by atoms with E-state index in [9.17, 15) is 0 Å². The van der Waals surface area contributed by atoms with Crippen LogP contribution in [0.4, 0.5) is 0 Å². The van der Waals surface area contributed by atoms with Gasteiger partial charge in [-0.15, -0.1) is 0 Å². The summed E-state index contributed by atoms with van der Waals surface area (Å²) in [7, 11) is 0. The predicted molar refractivity (Wildman–Crippen MR) is 92.4 cm³/mol. The lowest BCUT2D eigenvalue weighted by Crippen LogP contribution is -2.07. The molecule has 1 aliphatic heterocycles. The van der Waals surface area contributed by atoms with E-state index in [-0.39, 0.29) is 0 Å². The first-order chi connectivity index (χ1) is 10.7. The van der Waals surface area contributed by atoms with Gasteiger partial charge >= 0.3 is 0 Å². The standard InChI is InChI=1S/C18H19N3S/c1-11-10-14-16-17(20-21(14)9-5-8-19)13-6-3-4-7-15(13)22-18(16)12(11)2/h3-4,6-7,10H,5,8-9,19H2,1-2H3. The van der Waals surface area contributed by atoms with Gasteiger partial charge in [0.2, 0.25) is 0 Å². The van der Waals surface area contributed by atoms with E-state index in [0.29, 0.717) is 6.54 Å². The molecule has 0 saturated carbocycles. The second-order valence-electron chi connectivity index (χ2n) is 5.85. The normalized spacial score (nSPS) is 12.7. The number of hydrogen-bond donors (Lipinski definition) is 1. The van der Waals surface area contributed by atoms with E-state index in [1.165, 1.54) is 37.4 Å². The Labute approximate surface area is 134 Å². The van der Waals surface area contributed by atoms with Crippen molar-refractivity contribution in [2.45, 2.75) is 36.6 Å². The number of aryl methyl sites for hydroxylation is 2. The van der Waals surface area contributed by atoms with E-state index in [1.807, 2.05) is 11.8 Å². The Morgan fingerprint density at radius 1 is 1.23 bits per heavy atom. The maximum atomic E-state index is 5.69. The van der Waals surface area contributed by atoms with Gasteiger partial charge in [0.25, 0.3) is 0 Å². The quantitative estimate of drug-likeness (QED) is 0.619. The minimum Gasteiger partial charge on any atom is -0.330 e. The van der Waals surface area contributed by atoms with Crippen LogP contribution in [0.2, 0.25) is 0 Å². The largest absolute Gasteiger partial charge is 0.330 e. The fourth-order valence-electron chi connectivity index (χ4n) is 3.11. The third kappa shape index (κ3) is 1.91. The first-order valence-electron chi connectivity index (χ1n) is 7.68. The summed E-state index contributed by atoms with van der Waals surface area (Å²) in [5.74, 6) is 0. The lowest BCUT2D eigenvalue weighted by Gasteiger charge is -2.18. The van der Waals surface area contributed by atoms with Crippen LogP contribution in [-0.4, -0.2) is 16.3 Å². The highest BCUT2D eigenvalue weighted by molar-refractivity contribution is 7.99. The molecule has 2 heterocycles. The van der Waals surface area contributed by atoms with E-state index >= 15 is 0 Å². The lowest BCUT2D eigenvalue weighted by molar-refractivity contribution is 0.604. The van der Waals surface area contributed by atoms with Crippen LogP contribution >= 0.6 is 11.8 Å². The number of aromatic nitrogens is 2. The predicted octanol–water partition coefficient (Wildman–Crippen LogP) is 4.13. The van der Waals surface area contributed by atoms with Gasteiger partial charge in [-0.05, 0) is 50.1 Å². The molecular formula is C18H19N3S. The van der Waals surface area contributed by atoms with Crippen molar-refractivity contribution in [2.75, 3.05) is 6.54 Å². The molecular weight excluding hydrogens is 290 g/mol. The van der Waals surface area contributed by atoms with Gasteiger partial charge in [0.15, 0.2) is 0 Å². The maximum absolute atomic E-state index is 5.69. The van der Waals surface area contributed by atoms with Gasteiger partial charge in [-0.1, -0.05) is 30.0 Å². The zero-order valence-corrected chi connectivity index (χ0v) is 13.7. The van der Waals surface area contributed by atoms with Crippen LogP contribution in [0.5, 0.6) is 0 Å². The Morgan fingerprint density at radius 3 is 2.86 bits per heavy atom. The third-order valence-electron chi connectivity index (χ3n) is 4.43. The molecule has 0 unspecified atom stereocenters. The summed E-state index contributed by atoms with van der Waals surface area (Å²) in [4.78, 5) is 2.66. The summed E-state index contributed by atoms with van der Waals surface area (Å²) in [6, 6.07) is 10.8. The van der Waals surface area contributed by atoms with Gasteiger partial charge in [-0.25, -0.2) is 0 Å². The first kappa shape index (κ1) is 13.9. The molecule has 0 atom stereocenters. The molecule has 3 nitrogen and oxygen atoms in total. The van der Waals surface area contributed by atoms with Crippen LogP contribution in [0.1, 0.15) is 17.5 Å². The number of benzene rings is 2. The van der Waals surface area contributed by atoms with Crippen molar-refractivity contribution in [3.63, 3.8) is 0 Å². The summed E-state index contributed by atoms with van der Waals surface area (Å²) in [6.07, 6.45) is 0.952. The number of fused-ring (bicyclic) bond motifs is 2. The third-order valence-corrected chi connectivity index (χ3v) is 5.72. The summed E-state index contributed by atoms with van der Waals surface area (Å²) in [5.41, 5.74) is 12.0. The zero-order valence-electron chi connectivity index (χ0n) is 12.9. The smallest absolute Gasteiger partial charge is 0.102 e. The van der Waals surface area contributed by atoms with Gasteiger partial charge in [0.05, 0.1) is 5.52 Å². The maximum Gasteiger partial charge on any atom is 0.102 e. The van der Waals surface area contributed by atoms with E-state index in [1.54, 1.807) is 0 Å². The van der Waals surface area contributed by atoms with Crippen molar-refractivity contribution in [1.29, 1.82) is 0 Å². The van der Waals surface area contributed by atoms with Crippen molar-refractivity contribution in [3.8, 4) is 11.3 Å². The fraction of sp³-hybridized carbons (Fsp3) is 0.278. The molecule has 3 aromatic rings. The second-order valence-corrected chi connectivity index (χ2v) is 6.91. The number of hydrogen-bond acceptors (Lipinski definition) is 3. The molecule has 4 rings (SSSR count). The molecule has 2 N–H and O–H groups in total. The highest BCUT2D eigenvalue weighted by Crippen LogP contribution is 2.49.